The molecular weight excluding hydrogens is 470 g/mol. The number of morpholine rings is 1. The molecule has 1 aliphatic heterocycles. The summed E-state index contributed by atoms with van der Waals surface area (Å²) in [5.74, 6) is -0.444. The predicted octanol–water partition coefficient (Wildman–Crippen LogP) is 3.71. The van der Waals surface area contributed by atoms with Crippen LogP contribution in [-0.4, -0.2) is 56.6 Å². The summed E-state index contributed by atoms with van der Waals surface area (Å²) in [5.41, 5.74) is 1.83. The van der Waals surface area contributed by atoms with Gasteiger partial charge in [0.15, 0.2) is 5.11 Å². The highest BCUT2D eigenvalue weighted by molar-refractivity contribution is 7.89. The summed E-state index contributed by atoms with van der Waals surface area (Å²) in [6.45, 7) is 5.57. The molecule has 1 amide bonds. The van der Waals surface area contributed by atoms with E-state index in [4.69, 9.17) is 17.0 Å². The van der Waals surface area contributed by atoms with Crippen LogP contribution in [0.3, 0.4) is 0 Å². The minimum atomic E-state index is -3.72. The van der Waals surface area contributed by atoms with Gasteiger partial charge < -0.3 is 9.64 Å². The van der Waals surface area contributed by atoms with Crippen molar-refractivity contribution in [3.05, 3.63) is 71.8 Å². The summed E-state index contributed by atoms with van der Waals surface area (Å²) in [7, 11) is -3.72. The zero-order valence-electron chi connectivity index (χ0n) is 19.2. The Labute approximate surface area is 205 Å². The summed E-state index contributed by atoms with van der Waals surface area (Å²) >= 11 is 5.60. The molecule has 1 saturated heterocycles. The molecule has 3 aromatic rings. The number of aryl methyl sites for hydroxylation is 1. The maximum atomic E-state index is 13.2. The quantitative estimate of drug-likeness (QED) is 0.542. The number of carbonyl (C=O) groups excluding carboxylic acids is 1. The Hall–Kier alpha value is -2.85. The number of fused-ring (bicyclic) bond motifs is 1. The van der Waals surface area contributed by atoms with Crippen molar-refractivity contribution in [2.24, 2.45) is 0 Å². The number of hydrogen-bond donors (Lipinski definition) is 1. The second kappa shape index (κ2) is 10.2. The minimum absolute atomic E-state index is 0.0810. The Balaban J connectivity index is 1.59. The predicted molar refractivity (Wildman–Crippen MR) is 138 cm³/mol. The van der Waals surface area contributed by atoms with Crippen molar-refractivity contribution in [2.75, 3.05) is 37.7 Å². The summed E-state index contributed by atoms with van der Waals surface area (Å²) in [6.07, 6.45) is 0. The van der Waals surface area contributed by atoms with Crippen LogP contribution in [0, 0.1) is 6.92 Å². The maximum Gasteiger partial charge on any atom is 0.257 e. The van der Waals surface area contributed by atoms with Gasteiger partial charge >= 0.3 is 0 Å². The number of benzene rings is 3. The number of amides is 1. The third kappa shape index (κ3) is 4.83. The van der Waals surface area contributed by atoms with E-state index in [1.165, 1.54) is 16.4 Å². The van der Waals surface area contributed by atoms with E-state index in [1.807, 2.05) is 54.3 Å². The summed E-state index contributed by atoms with van der Waals surface area (Å²) in [4.78, 5) is 15.1. The zero-order chi connectivity index (χ0) is 24.3. The monoisotopic (exact) mass is 497 g/mol. The van der Waals surface area contributed by atoms with Gasteiger partial charge in [-0.05, 0) is 55.2 Å². The van der Waals surface area contributed by atoms with Crippen molar-refractivity contribution in [2.45, 2.75) is 18.7 Å². The van der Waals surface area contributed by atoms with Gasteiger partial charge in [-0.1, -0.05) is 42.5 Å². The van der Waals surface area contributed by atoms with Crippen LogP contribution in [0.1, 0.15) is 22.8 Å². The zero-order valence-corrected chi connectivity index (χ0v) is 20.8. The fourth-order valence-electron chi connectivity index (χ4n) is 4.04. The fourth-order valence-corrected chi connectivity index (χ4v) is 5.80. The summed E-state index contributed by atoms with van der Waals surface area (Å²) in [5, 5.41) is 5.15. The van der Waals surface area contributed by atoms with Gasteiger partial charge in [0.05, 0.1) is 23.8 Å². The molecule has 0 radical (unpaired) electrons. The van der Waals surface area contributed by atoms with Crippen LogP contribution in [-0.2, 0) is 14.8 Å². The summed E-state index contributed by atoms with van der Waals surface area (Å²) in [6, 6.07) is 18.5. The van der Waals surface area contributed by atoms with E-state index >= 15 is 0 Å². The number of anilines is 1. The Kier molecular flexibility index (Phi) is 7.27. The molecule has 1 fully saturated rings. The Morgan fingerprint density at radius 3 is 2.53 bits per heavy atom. The first-order chi connectivity index (χ1) is 16.3. The average molecular weight is 498 g/mol. The Bertz CT molecular complexity index is 1330. The van der Waals surface area contributed by atoms with Gasteiger partial charge in [0.1, 0.15) is 0 Å². The van der Waals surface area contributed by atoms with E-state index in [2.05, 4.69) is 5.32 Å². The normalized spacial score (nSPS) is 14.6. The molecule has 178 valence electrons. The molecule has 1 heterocycles. The average Bonchev–Trinajstić information content (AvgIpc) is 2.85. The molecule has 0 bridgehead atoms. The molecule has 7 nitrogen and oxygen atoms in total. The number of sulfonamides is 1. The fraction of sp³-hybridized carbons (Fsp3) is 0.280. The first-order valence-electron chi connectivity index (χ1n) is 11.1. The van der Waals surface area contributed by atoms with E-state index in [1.54, 1.807) is 13.0 Å². The molecule has 0 aromatic heterocycles. The highest BCUT2D eigenvalue weighted by atomic mass is 32.2. The molecule has 0 saturated carbocycles. The van der Waals surface area contributed by atoms with E-state index in [0.717, 1.165) is 16.5 Å². The van der Waals surface area contributed by atoms with Crippen LogP contribution >= 0.6 is 12.2 Å². The lowest BCUT2D eigenvalue weighted by Gasteiger charge is -2.27. The number of thiocarbonyl (C=S) groups is 1. The summed E-state index contributed by atoms with van der Waals surface area (Å²) < 4.78 is 32.8. The number of ether oxygens (including phenoxy) is 1. The van der Waals surface area contributed by atoms with Gasteiger partial charge in [0.25, 0.3) is 5.91 Å². The third-order valence-corrected chi connectivity index (χ3v) is 8.12. The van der Waals surface area contributed by atoms with Crippen molar-refractivity contribution in [3.8, 4) is 0 Å². The van der Waals surface area contributed by atoms with Gasteiger partial charge in [-0.25, -0.2) is 8.42 Å². The molecule has 3 aromatic carbocycles. The largest absolute Gasteiger partial charge is 0.379 e. The lowest BCUT2D eigenvalue weighted by Crippen LogP contribution is -2.43. The molecule has 0 aliphatic carbocycles. The SMILES string of the molecule is CCN(C(=S)NC(=O)c1cc(S(=O)(=O)N2CCOCC2)ccc1C)c1cccc2ccccc12. The van der Waals surface area contributed by atoms with Gasteiger partial charge in [-0.3, -0.25) is 10.1 Å². The smallest absolute Gasteiger partial charge is 0.257 e. The molecular formula is C25H27N3O4S2. The molecule has 34 heavy (non-hydrogen) atoms. The minimum Gasteiger partial charge on any atom is -0.379 e. The lowest BCUT2D eigenvalue weighted by molar-refractivity contribution is 0.0730. The van der Waals surface area contributed by atoms with Gasteiger partial charge in [0, 0.05) is 30.6 Å². The van der Waals surface area contributed by atoms with E-state index in [-0.39, 0.29) is 28.7 Å². The topological polar surface area (TPSA) is 79.0 Å². The van der Waals surface area contributed by atoms with E-state index in [0.29, 0.717) is 25.3 Å². The number of hydrogen-bond acceptors (Lipinski definition) is 5. The van der Waals surface area contributed by atoms with E-state index in [9.17, 15) is 13.2 Å². The van der Waals surface area contributed by atoms with Gasteiger partial charge in [-0.2, -0.15) is 4.31 Å². The third-order valence-electron chi connectivity index (χ3n) is 5.90. The molecule has 0 atom stereocenters. The van der Waals surface area contributed by atoms with Crippen molar-refractivity contribution < 1.29 is 17.9 Å². The van der Waals surface area contributed by atoms with Crippen molar-refractivity contribution >= 4 is 49.7 Å². The molecule has 9 heteroatoms. The molecule has 4 rings (SSSR count). The van der Waals surface area contributed by atoms with Crippen LogP contribution in [0.5, 0.6) is 0 Å². The van der Waals surface area contributed by atoms with E-state index < -0.39 is 15.9 Å². The first kappa shape index (κ1) is 24.3. The van der Waals surface area contributed by atoms with Crippen LogP contribution in [0.15, 0.2) is 65.6 Å². The second-order valence-electron chi connectivity index (χ2n) is 7.99. The highest BCUT2D eigenvalue weighted by Crippen LogP contribution is 2.27. The number of carbonyl (C=O) groups is 1. The Morgan fingerprint density at radius 1 is 1.09 bits per heavy atom. The first-order valence-corrected chi connectivity index (χ1v) is 13.0. The maximum absolute atomic E-state index is 13.2. The molecule has 0 spiro atoms. The number of nitrogens with one attached hydrogen (secondary N) is 1. The van der Waals surface area contributed by atoms with Crippen molar-refractivity contribution in [1.82, 2.24) is 9.62 Å². The van der Waals surface area contributed by atoms with Crippen LogP contribution in [0.4, 0.5) is 5.69 Å². The Morgan fingerprint density at radius 2 is 1.79 bits per heavy atom. The molecule has 1 aliphatic rings. The number of rotatable bonds is 5. The van der Waals surface area contributed by atoms with Crippen LogP contribution in [0.25, 0.3) is 10.8 Å². The molecule has 1 N–H and O–H groups in total. The number of nitrogens with zero attached hydrogens (tertiary/aromatic N) is 2. The van der Waals surface area contributed by atoms with Gasteiger partial charge in [-0.15, -0.1) is 0 Å². The van der Waals surface area contributed by atoms with Crippen LogP contribution in [0.2, 0.25) is 0 Å². The van der Waals surface area contributed by atoms with Crippen molar-refractivity contribution in [1.29, 1.82) is 0 Å². The highest BCUT2D eigenvalue weighted by Gasteiger charge is 2.27. The van der Waals surface area contributed by atoms with Crippen molar-refractivity contribution in [3.63, 3.8) is 0 Å². The standard InChI is InChI=1S/C25H27N3O4S2/c1-3-28(23-10-6-8-19-7-4-5-9-21(19)23)25(33)26-24(29)22-17-20(12-11-18(22)2)34(30,31)27-13-15-32-16-14-27/h4-12,17H,3,13-16H2,1-2H3,(H,26,29,33). The van der Waals surface area contributed by atoms with Crippen LogP contribution < -0.4 is 10.2 Å². The molecule has 0 unspecified atom stereocenters. The lowest BCUT2D eigenvalue weighted by atomic mass is 10.1. The van der Waals surface area contributed by atoms with Gasteiger partial charge in [0.2, 0.25) is 10.0 Å². The second-order valence-corrected chi connectivity index (χ2v) is 10.3.